The zero-order chi connectivity index (χ0) is 12.0. The minimum atomic E-state index is -0.588. The summed E-state index contributed by atoms with van der Waals surface area (Å²) >= 11 is 0. The first kappa shape index (κ1) is 10.0. The minimum Gasteiger partial charge on any atom is -0.304 e. The largest absolute Gasteiger partial charge is 0.332 e. The minimum absolute atomic E-state index is 0.0515. The smallest absolute Gasteiger partial charge is 0.304 e. The molecular weight excluding hydrogens is 220 g/mol. The van der Waals surface area contributed by atoms with Crippen LogP contribution in [0.15, 0.2) is 30.3 Å². The van der Waals surface area contributed by atoms with Crippen molar-refractivity contribution >= 4 is 23.4 Å². The number of carbonyl (C=O) groups excluding carboxylic acids is 3. The van der Waals surface area contributed by atoms with E-state index in [9.17, 15) is 14.4 Å². The number of rotatable bonds is 1. The van der Waals surface area contributed by atoms with E-state index in [2.05, 4.69) is 0 Å². The Morgan fingerprint density at radius 3 is 2.41 bits per heavy atom. The van der Waals surface area contributed by atoms with Crippen LogP contribution >= 0.6 is 0 Å². The average molecular weight is 230 g/mol. The number of Topliss-reactive ketones (excluding diaryl/α,β-unsaturated/α-hetero) is 1. The summed E-state index contributed by atoms with van der Waals surface area (Å²) in [6.45, 7) is 0.0541. The highest BCUT2D eigenvalue weighted by molar-refractivity contribution is 6.23. The van der Waals surface area contributed by atoms with E-state index >= 15 is 0 Å². The van der Waals surface area contributed by atoms with E-state index in [1.165, 1.54) is 4.90 Å². The molecule has 0 unspecified atom stereocenters. The molecule has 0 aliphatic carbocycles. The van der Waals surface area contributed by atoms with Crippen molar-refractivity contribution in [3.8, 4) is 0 Å². The fourth-order valence-electron chi connectivity index (χ4n) is 2.30. The van der Waals surface area contributed by atoms with E-state index in [1.807, 2.05) is 6.07 Å². The van der Waals surface area contributed by atoms with Gasteiger partial charge in [0.25, 0.3) is 5.91 Å². The molecule has 5 heteroatoms. The lowest BCUT2D eigenvalue weighted by Gasteiger charge is -2.14. The molecule has 2 aliphatic heterocycles. The number of nitrogens with zero attached hydrogens (tertiary/aromatic N) is 2. The van der Waals surface area contributed by atoms with Crippen LogP contribution in [-0.4, -0.2) is 35.2 Å². The Kier molecular flexibility index (Phi) is 2.01. The molecule has 0 radical (unpaired) electrons. The molecule has 5 nitrogen and oxygen atoms in total. The Hall–Kier alpha value is -2.17. The van der Waals surface area contributed by atoms with Crippen LogP contribution in [0.5, 0.6) is 0 Å². The van der Waals surface area contributed by atoms with Gasteiger partial charge in [-0.05, 0) is 12.1 Å². The molecule has 2 heterocycles. The molecule has 86 valence electrons. The number of fused-ring (bicyclic) bond motifs is 1. The van der Waals surface area contributed by atoms with Crippen LogP contribution in [0.1, 0.15) is 6.42 Å². The van der Waals surface area contributed by atoms with Crippen molar-refractivity contribution in [2.45, 2.75) is 12.5 Å². The van der Waals surface area contributed by atoms with Crippen LogP contribution in [-0.2, 0) is 9.59 Å². The first-order valence-electron chi connectivity index (χ1n) is 5.40. The number of urea groups is 1. The maximum absolute atomic E-state index is 12.1. The number of hydrogen-bond acceptors (Lipinski definition) is 3. The second-order valence-corrected chi connectivity index (χ2v) is 4.18. The van der Waals surface area contributed by atoms with Gasteiger partial charge in [0.2, 0.25) is 0 Å². The van der Waals surface area contributed by atoms with E-state index in [0.29, 0.717) is 5.69 Å². The second kappa shape index (κ2) is 3.41. The maximum Gasteiger partial charge on any atom is 0.332 e. The number of hydrogen-bond donors (Lipinski definition) is 0. The molecule has 1 aromatic rings. The molecule has 2 saturated heterocycles. The van der Waals surface area contributed by atoms with E-state index < -0.39 is 12.1 Å². The third kappa shape index (κ3) is 1.35. The summed E-state index contributed by atoms with van der Waals surface area (Å²) in [4.78, 5) is 37.8. The van der Waals surface area contributed by atoms with Gasteiger partial charge in [0.1, 0.15) is 6.04 Å². The van der Waals surface area contributed by atoms with Gasteiger partial charge in [-0.25, -0.2) is 9.69 Å². The number of amides is 3. The van der Waals surface area contributed by atoms with Gasteiger partial charge in [-0.1, -0.05) is 18.2 Å². The summed E-state index contributed by atoms with van der Waals surface area (Å²) in [5, 5.41) is 0. The standard InChI is InChI=1S/C12H10N2O3/c15-9-6-10-11(16)14(12(17)13(10)7-9)8-4-2-1-3-5-8/h1-5,10H,6-7H2/t10-/m0/s1. The van der Waals surface area contributed by atoms with E-state index in [1.54, 1.807) is 24.3 Å². The number of benzene rings is 1. The highest BCUT2D eigenvalue weighted by Crippen LogP contribution is 2.29. The lowest BCUT2D eigenvalue weighted by atomic mass is 10.2. The molecule has 0 bridgehead atoms. The van der Waals surface area contributed by atoms with Gasteiger partial charge in [-0.2, -0.15) is 0 Å². The fraction of sp³-hybridized carbons (Fsp3) is 0.250. The van der Waals surface area contributed by atoms with Crippen molar-refractivity contribution in [1.29, 1.82) is 0 Å². The number of para-hydroxylation sites is 1. The summed E-state index contributed by atoms with van der Waals surface area (Å²) in [6.07, 6.45) is 0.147. The van der Waals surface area contributed by atoms with Gasteiger partial charge in [-0.15, -0.1) is 0 Å². The molecule has 1 aromatic carbocycles. The first-order valence-corrected chi connectivity index (χ1v) is 5.40. The molecule has 1 atom stereocenters. The SMILES string of the molecule is O=C1C[C@H]2C(=O)N(c3ccccc3)C(=O)N2C1. The lowest BCUT2D eigenvalue weighted by Crippen LogP contribution is -2.34. The van der Waals surface area contributed by atoms with Crippen molar-refractivity contribution < 1.29 is 14.4 Å². The molecule has 2 fully saturated rings. The highest BCUT2D eigenvalue weighted by atomic mass is 16.2. The van der Waals surface area contributed by atoms with E-state index in [4.69, 9.17) is 0 Å². The summed E-state index contributed by atoms with van der Waals surface area (Å²) in [6, 6.07) is 7.79. The predicted molar refractivity (Wildman–Crippen MR) is 59.4 cm³/mol. The van der Waals surface area contributed by atoms with Gasteiger partial charge in [0.15, 0.2) is 5.78 Å². The van der Waals surface area contributed by atoms with Gasteiger partial charge >= 0.3 is 6.03 Å². The molecule has 0 saturated carbocycles. The van der Waals surface area contributed by atoms with Crippen LogP contribution in [0.4, 0.5) is 10.5 Å². The zero-order valence-corrected chi connectivity index (χ0v) is 9.00. The number of anilines is 1. The topological polar surface area (TPSA) is 57.7 Å². The number of imide groups is 1. The molecule has 17 heavy (non-hydrogen) atoms. The molecular formula is C12H10N2O3. The quantitative estimate of drug-likeness (QED) is 0.670. The summed E-state index contributed by atoms with van der Waals surface area (Å²) in [5.41, 5.74) is 0.560. The summed E-state index contributed by atoms with van der Waals surface area (Å²) < 4.78 is 0. The van der Waals surface area contributed by atoms with Crippen molar-refractivity contribution in [2.75, 3.05) is 11.4 Å². The third-order valence-corrected chi connectivity index (χ3v) is 3.10. The highest BCUT2D eigenvalue weighted by Gasteiger charge is 2.50. The van der Waals surface area contributed by atoms with Crippen LogP contribution in [0.3, 0.4) is 0 Å². The maximum atomic E-state index is 12.1. The van der Waals surface area contributed by atoms with Gasteiger partial charge in [0.05, 0.1) is 12.2 Å². The second-order valence-electron chi connectivity index (χ2n) is 4.18. The zero-order valence-electron chi connectivity index (χ0n) is 9.00. The Labute approximate surface area is 97.6 Å². The van der Waals surface area contributed by atoms with Crippen LogP contribution < -0.4 is 4.90 Å². The fourth-order valence-corrected chi connectivity index (χ4v) is 2.30. The van der Waals surface area contributed by atoms with Gasteiger partial charge in [-0.3, -0.25) is 9.59 Å². The van der Waals surface area contributed by atoms with Gasteiger partial charge < -0.3 is 4.90 Å². The normalized spacial score (nSPS) is 23.5. The van der Waals surface area contributed by atoms with Gasteiger partial charge in [0, 0.05) is 6.42 Å². The van der Waals surface area contributed by atoms with Crippen molar-refractivity contribution in [3.05, 3.63) is 30.3 Å². The molecule has 3 rings (SSSR count). The molecule has 0 aromatic heterocycles. The summed E-state index contributed by atoms with van der Waals surface area (Å²) in [7, 11) is 0. The molecule has 0 N–H and O–H groups in total. The average Bonchev–Trinajstić information content (AvgIpc) is 2.81. The van der Waals surface area contributed by atoms with Crippen molar-refractivity contribution in [1.82, 2.24) is 4.90 Å². The Bertz CT molecular complexity index is 486. The Morgan fingerprint density at radius 1 is 1.06 bits per heavy atom. The monoisotopic (exact) mass is 230 g/mol. The molecule has 0 spiro atoms. The Morgan fingerprint density at radius 2 is 1.76 bits per heavy atom. The first-order chi connectivity index (χ1) is 8.18. The van der Waals surface area contributed by atoms with E-state index in [-0.39, 0.29) is 24.7 Å². The van der Waals surface area contributed by atoms with Crippen LogP contribution in [0.2, 0.25) is 0 Å². The predicted octanol–water partition coefficient (Wildman–Crippen LogP) is 0.797. The number of ketones is 1. The summed E-state index contributed by atoms with van der Waals surface area (Å²) in [5.74, 6) is -0.350. The van der Waals surface area contributed by atoms with Crippen LogP contribution in [0.25, 0.3) is 0 Å². The number of carbonyl (C=O) groups is 3. The van der Waals surface area contributed by atoms with Crippen LogP contribution in [0, 0.1) is 0 Å². The molecule has 2 aliphatic rings. The Balaban J connectivity index is 1.98. The molecule has 3 amide bonds. The van der Waals surface area contributed by atoms with E-state index in [0.717, 1.165) is 4.90 Å². The van der Waals surface area contributed by atoms with Crippen molar-refractivity contribution in [3.63, 3.8) is 0 Å². The lowest BCUT2D eigenvalue weighted by molar-refractivity contribution is -0.121. The third-order valence-electron chi connectivity index (χ3n) is 3.10. The van der Waals surface area contributed by atoms with Crippen molar-refractivity contribution in [2.24, 2.45) is 0 Å².